The summed E-state index contributed by atoms with van der Waals surface area (Å²) in [4.78, 5) is 10.3. The van der Waals surface area contributed by atoms with Crippen molar-refractivity contribution in [1.82, 2.24) is 0 Å². The molecule has 0 aromatic rings. The fourth-order valence-corrected chi connectivity index (χ4v) is 1.41. The molecule has 0 bridgehead atoms. The van der Waals surface area contributed by atoms with E-state index in [1.54, 1.807) is 0 Å². The predicted octanol–water partition coefficient (Wildman–Crippen LogP) is 4.09. The maximum absolute atomic E-state index is 5.29. The Morgan fingerprint density at radius 3 is 2.14 bits per heavy atom. The van der Waals surface area contributed by atoms with Gasteiger partial charge in [-0.2, -0.15) is 0 Å². The average Bonchev–Trinajstić information content (AvgIpc) is 2.15. The molecule has 0 heterocycles. The Labute approximate surface area is 88.9 Å². The molecule has 0 aliphatic heterocycles. The van der Waals surface area contributed by atoms with Gasteiger partial charge in [0.2, 0.25) is 0 Å². The molecule has 0 atom stereocenters. The second-order valence-electron chi connectivity index (χ2n) is 4.41. The zero-order valence-corrected chi connectivity index (χ0v) is 10.3. The van der Waals surface area contributed by atoms with Crippen LogP contribution in [0.3, 0.4) is 0 Å². The summed E-state index contributed by atoms with van der Waals surface area (Å²) in [5, 5.41) is 0. The van der Waals surface area contributed by atoms with E-state index in [0.29, 0.717) is 6.61 Å². The van der Waals surface area contributed by atoms with Crippen LogP contribution in [0.4, 0.5) is 0 Å². The van der Waals surface area contributed by atoms with E-state index in [0.717, 1.165) is 6.42 Å². The van der Waals surface area contributed by atoms with Crippen LogP contribution in [0.15, 0.2) is 0 Å². The molecule has 0 saturated heterocycles. The molecule has 0 aromatic heterocycles. The highest BCUT2D eigenvalue weighted by Gasteiger charge is 2.18. The van der Waals surface area contributed by atoms with Crippen LogP contribution in [0.25, 0.3) is 0 Å². The van der Waals surface area contributed by atoms with E-state index >= 15 is 0 Å². The van der Waals surface area contributed by atoms with Crippen molar-refractivity contribution in [2.45, 2.75) is 71.8 Å². The zero-order valence-electron chi connectivity index (χ0n) is 10.3. The summed E-state index contributed by atoms with van der Waals surface area (Å²) >= 11 is 0. The molecule has 0 saturated carbocycles. The van der Waals surface area contributed by atoms with Gasteiger partial charge in [0.1, 0.15) is 0 Å². The highest BCUT2D eigenvalue weighted by Crippen LogP contribution is 2.19. The molecule has 2 nitrogen and oxygen atoms in total. The van der Waals surface area contributed by atoms with Crippen molar-refractivity contribution in [3.8, 4) is 0 Å². The zero-order chi connectivity index (χ0) is 10.9. The lowest BCUT2D eigenvalue weighted by atomic mass is 10.00. The van der Waals surface area contributed by atoms with Gasteiger partial charge in [0.15, 0.2) is 0 Å². The molecule has 86 valence electrons. The number of hydrogen-bond donors (Lipinski definition) is 0. The third kappa shape index (κ3) is 8.52. The lowest BCUT2D eigenvalue weighted by molar-refractivity contribution is -0.352. The third-order valence-corrected chi connectivity index (χ3v) is 2.28. The monoisotopic (exact) mass is 202 g/mol. The Bertz CT molecular complexity index is 121. The van der Waals surface area contributed by atoms with Gasteiger partial charge < -0.3 is 0 Å². The van der Waals surface area contributed by atoms with Gasteiger partial charge in [0.05, 0.1) is 12.2 Å². The van der Waals surface area contributed by atoms with Crippen LogP contribution in [0.2, 0.25) is 0 Å². The molecule has 2 heteroatoms. The maximum Gasteiger partial charge on any atom is 0.0980 e. The SMILES string of the molecule is CCCCCCCC(C)(C)OOCC. The number of rotatable bonds is 9. The molecule has 0 rings (SSSR count). The molecule has 0 N–H and O–H groups in total. The molecule has 0 unspecified atom stereocenters. The Morgan fingerprint density at radius 2 is 1.57 bits per heavy atom. The Hall–Kier alpha value is -0.0800. The van der Waals surface area contributed by atoms with Crippen LogP contribution >= 0.6 is 0 Å². The highest BCUT2D eigenvalue weighted by molar-refractivity contribution is 4.66. The highest BCUT2D eigenvalue weighted by atomic mass is 17.2. The summed E-state index contributed by atoms with van der Waals surface area (Å²) in [6.45, 7) is 8.98. The first-order valence-electron chi connectivity index (χ1n) is 5.93. The molecule has 0 aliphatic rings. The van der Waals surface area contributed by atoms with E-state index in [-0.39, 0.29) is 5.60 Å². The molecule has 0 aromatic carbocycles. The van der Waals surface area contributed by atoms with Gasteiger partial charge in [0.25, 0.3) is 0 Å². The quantitative estimate of drug-likeness (QED) is 0.318. The van der Waals surface area contributed by atoms with Crippen molar-refractivity contribution in [3.05, 3.63) is 0 Å². The van der Waals surface area contributed by atoms with E-state index in [9.17, 15) is 0 Å². The van der Waals surface area contributed by atoms with Crippen molar-refractivity contribution in [2.75, 3.05) is 6.61 Å². The van der Waals surface area contributed by atoms with Crippen LogP contribution in [0.5, 0.6) is 0 Å². The first-order chi connectivity index (χ1) is 6.62. The number of hydrogen-bond acceptors (Lipinski definition) is 2. The molecule has 0 fully saturated rings. The Morgan fingerprint density at radius 1 is 0.929 bits per heavy atom. The molecule has 0 radical (unpaired) electrons. The topological polar surface area (TPSA) is 18.5 Å². The van der Waals surface area contributed by atoms with Gasteiger partial charge in [-0.1, -0.05) is 39.0 Å². The molecule has 0 aliphatic carbocycles. The summed E-state index contributed by atoms with van der Waals surface area (Å²) in [5.74, 6) is 0. The first kappa shape index (κ1) is 13.9. The van der Waals surface area contributed by atoms with Gasteiger partial charge in [-0.15, -0.1) is 0 Å². The van der Waals surface area contributed by atoms with Gasteiger partial charge >= 0.3 is 0 Å². The lowest BCUT2D eigenvalue weighted by Crippen LogP contribution is -2.24. The Balaban J connectivity index is 3.35. The fraction of sp³-hybridized carbons (Fsp3) is 1.00. The molecule has 14 heavy (non-hydrogen) atoms. The van der Waals surface area contributed by atoms with Crippen molar-refractivity contribution in [1.29, 1.82) is 0 Å². The number of unbranched alkanes of at least 4 members (excludes halogenated alkanes) is 4. The molecule has 0 spiro atoms. The van der Waals surface area contributed by atoms with Gasteiger partial charge in [-0.05, 0) is 27.2 Å². The molecule has 0 amide bonds. The summed E-state index contributed by atoms with van der Waals surface area (Å²) in [7, 11) is 0. The van der Waals surface area contributed by atoms with Crippen molar-refractivity contribution >= 4 is 0 Å². The average molecular weight is 202 g/mol. The minimum atomic E-state index is -0.123. The van der Waals surface area contributed by atoms with Crippen LogP contribution in [0.1, 0.15) is 66.2 Å². The lowest BCUT2D eigenvalue weighted by Gasteiger charge is -2.22. The van der Waals surface area contributed by atoms with Gasteiger partial charge in [0, 0.05) is 0 Å². The van der Waals surface area contributed by atoms with Crippen LogP contribution in [0, 0.1) is 0 Å². The predicted molar refractivity (Wildman–Crippen MR) is 60.2 cm³/mol. The summed E-state index contributed by atoms with van der Waals surface area (Å²) in [5.41, 5.74) is -0.123. The maximum atomic E-state index is 5.29. The summed E-state index contributed by atoms with van der Waals surface area (Å²) in [6.07, 6.45) is 7.64. The fourth-order valence-electron chi connectivity index (χ4n) is 1.41. The van der Waals surface area contributed by atoms with Crippen LogP contribution < -0.4 is 0 Å². The van der Waals surface area contributed by atoms with Crippen LogP contribution in [-0.4, -0.2) is 12.2 Å². The minimum absolute atomic E-state index is 0.123. The summed E-state index contributed by atoms with van der Waals surface area (Å²) in [6, 6.07) is 0. The van der Waals surface area contributed by atoms with E-state index in [1.807, 2.05) is 6.92 Å². The van der Waals surface area contributed by atoms with Crippen molar-refractivity contribution in [2.24, 2.45) is 0 Å². The molecular formula is C12H26O2. The Kier molecular flexibility index (Phi) is 8.20. The third-order valence-electron chi connectivity index (χ3n) is 2.28. The van der Waals surface area contributed by atoms with Gasteiger partial charge in [-0.25, -0.2) is 9.78 Å². The van der Waals surface area contributed by atoms with Crippen LogP contribution in [-0.2, 0) is 9.78 Å². The van der Waals surface area contributed by atoms with Crippen molar-refractivity contribution in [3.63, 3.8) is 0 Å². The minimum Gasteiger partial charge on any atom is -0.236 e. The van der Waals surface area contributed by atoms with E-state index in [1.165, 1.54) is 32.1 Å². The summed E-state index contributed by atoms with van der Waals surface area (Å²) < 4.78 is 0. The normalized spacial score (nSPS) is 12.0. The largest absolute Gasteiger partial charge is 0.236 e. The van der Waals surface area contributed by atoms with Gasteiger partial charge in [-0.3, -0.25) is 0 Å². The van der Waals surface area contributed by atoms with E-state index in [4.69, 9.17) is 9.78 Å². The van der Waals surface area contributed by atoms with E-state index in [2.05, 4.69) is 20.8 Å². The van der Waals surface area contributed by atoms with E-state index < -0.39 is 0 Å². The molecular weight excluding hydrogens is 176 g/mol. The second kappa shape index (κ2) is 8.25. The smallest absolute Gasteiger partial charge is 0.0980 e. The van der Waals surface area contributed by atoms with Crippen molar-refractivity contribution < 1.29 is 9.78 Å². The second-order valence-corrected chi connectivity index (χ2v) is 4.41. The first-order valence-corrected chi connectivity index (χ1v) is 5.93. The standard InChI is InChI=1S/C12H26O2/c1-5-7-8-9-10-11-12(3,4)14-13-6-2/h5-11H2,1-4H3.